The summed E-state index contributed by atoms with van der Waals surface area (Å²) in [7, 11) is 0. The van der Waals surface area contributed by atoms with E-state index in [1.54, 1.807) is 17.0 Å². The van der Waals surface area contributed by atoms with Gasteiger partial charge in [0.2, 0.25) is 5.91 Å². The summed E-state index contributed by atoms with van der Waals surface area (Å²) in [5.41, 5.74) is 1.81. The minimum Gasteiger partial charge on any atom is -0.479 e. The first kappa shape index (κ1) is 14.4. The molecular formula is C15H15ClN2O2. The number of amides is 1. The lowest BCUT2D eigenvalue weighted by Gasteiger charge is -2.30. The molecule has 0 aromatic heterocycles. The molecule has 0 radical (unpaired) electrons. The number of hydrogen-bond donors (Lipinski definition) is 0. The zero-order valence-electron chi connectivity index (χ0n) is 11.2. The van der Waals surface area contributed by atoms with Crippen LogP contribution in [0, 0.1) is 11.3 Å². The van der Waals surface area contributed by atoms with Crippen molar-refractivity contribution in [2.75, 3.05) is 13.2 Å². The number of carbonyl (C=O) groups excluding carboxylic acids is 1. The molecular weight excluding hydrogens is 276 g/mol. The topological polar surface area (TPSA) is 53.3 Å². The first-order chi connectivity index (χ1) is 9.67. The van der Waals surface area contributed by atoms with E-state index in [1.807, 2.05) is 31.2 Å². The maximum Gasteiger partial charge on any atom is 0.245 e. The summed E-state index contributed by atoms with van der Waals surface area (Å²) >= 11 is 5.99. The molecule has 104 valence electrons. The first-order valence-corrected chi connectivity index (χ1v) is 6.86. The van der Waals surface area contributed by atoms with Crippen LogP contribution in [0.15, 0.2) is 30.3 Å². The number of allylic oxidation sites excluding steroid dienone is 1. The smallest absolute Gasteiger partial charge is 0.245 e. The summed E-state index contributed by atoms with van der Waals surface area (Å²) in [6.07, 6.45) is 2.52. The monoisotopic (exact) mass is 290 g/mol. The van der Waals surface area contributed by atoms with Gasteiger partial charge < -0.3 is 9.64 Å². The molecule has 2 rings (SSSR count). The third-order valence-corrected chi connectivity index (χ3v) is 3.48. The molecule has 1 amide bonds. The van der Waals surface area contributed by atoms with Gasteiger partial charge in [0, 0.05) is 12.2 Å². The van der Waals surface area contributed by atoms with E-state index >= 15 is 0 Å². The van der Waals surface area contributed by atoms with Gasteiger partial charge in [0.15, 0.2) is 6.61 Å². The lowest BCUT2D eigenvalue weighted by Crippen LogP contribution is -2.38. The minimum atomic E-state index is -0.475. The number of carbonyl (C=O) groups is 1. The van der Waals surface area contributed by atoms with Gasteiger partial charge >= 0.3 is 0 Å². The first-order valence-electron chi connectivity index (χ1n) is 6.43. The zero-order chi connectivity index (χ0) is 14.5. The number of nitriles is 1. The Kier molecular flexibility index (Phi) is 4.65. The molecule has 0 N–H and O–H groups in total. The van der Waals surface area contributed by atoms with E-state index in [4.69, 9.17) is 21.6 Å². The molecule has 0 fully saturated rings. The van der Waals surface area contributed by atoms with Crippen LogP contribution >= 0.6 is 11.6 Å². The summed E-state index contributed by atoms with van der Waals surface area (Å²) < 4.78 is 5.21. The molecule has 4 nitrogen and oxygen atoms in total. The quantitative estimate of drug-likeness (QED) is 0.801. The highest BCUT2D eigenvalue weighted by atomic mass is 35.5. The van der Waals surface area contributed by atoms with Crippen LogP contribution in [0.1, 0.15) is 18.9 Å². The van der Waals surface area contributed by atoms with E-state index in [-0.39, 0.29) is 12.5 Å². The van der Waals surface area contributed by atoms with E-state index in [2.05, 4.69) is 0 Å². The Hall–Kier alpha value is -1.99. The van der Waals surface area contributed by atoms with E-state index in [1.165, 1.54) is 0 Å². The molecule has 1 aliphatic heterocycles. The van der Waals surface area contributed by atoms with Crippen molar-refractivity contribution in [2.45, 2.75) is 18.7 Å². The van der Waals surface area contributed by atoms with Crippen LogP contribution < -0.4 is 4.74 Å². The van der Waals surface area contributed by atoms with Gasteiger partial charge in [-0.1, -0.05) is 6.08 Å². The van der Waals surface area contributed by atoms with E-state index in [9.17, 15) is 4.79 Å². The van der Waals surface area contributed by atoms with Crippen LogP contribution in [-0.2, 0) is 4.79 Å². The lowest BCUT2D eigenvalue weighted by molar-refractivity contribution is -0.127. The molecule has 1 atom stereocenters. The number of alkyl halides is 1. The number of benzene rings is 1. The van der Waals surface area contributed by atoms with E-state index in [0.717, 1.165) is 11.3 Å². The molecule has 1 heterocycles. The Labute approximate surface area is 123 Å². The maximum atomic E-state index is 12.0. The average molecular weight is 291 g/mol. The normalized spacial score (nSPS) is 18.4. The average Bonchev–Trinajstić information content (AvgIpc) is 2.48. The van der Waals surface area contributed by atoms with Crippen LogP contribution in [0.4, 0.5) is 0 Å². The van der Waals surface area contributed by atoms with Crippen LogP contribution in [0.5, 0.6) is 5.75 Å². The molecule has 1 aromatic rings. The highest BCUT2D eigenvalue weighted by Gasteiger charge is 2.28. The Morgan fingerprint density at radius 2 is 2.15 bits per heavy atom. The molecule has 1 unspecified atom stereocenters. The lowest BCUT2D eigenvalue weighted by atomic mass is 10.0. The number of nitrogens with zero attached hydrogens (tertiary/aromatic N) is 2. The van der Waals surface area contributed by atoms with Crippen molar-refractivity contribution < 1.29 is 9.53 Å². The van der Waals surface area contributed by atoms with Crippen molar-refractivity contribution >= 4 is 23.2 Å². The van der Waals surface area contributed by atoms with Gasteiger partial charge in [-0.2, -0.15) is 5.26 Å². The van der Waals surface area contributed by atoms with Gasteiger partial charge in [0.1, 0.15) is 17.2 Å². The maximum absolute atomic E-state index is 12.0. The van der Waals surface area contributed by atoms with Crippen molar-refractivity contribution in [2.24, 2.45) is 0 Å². The predicted molar refractivity (Wildman–Crippen MR) is 77.2 cm³/mol. The standard InChI is InChI=1S/C15H15ClN2O2/c1-2-18-14(8-7-13(16)15(18)19)11-3-5-12(6-4-11)20-10-9-17/h3-6,8,13H,2,7,10H2,1H3. The zero-order valence-corrected chi connectivity index (χ0v) is 11.9. The summed E-state index contributed by atoms with van der Waals surface area (Å²) in [6.45, 7) is 2.53. The molecule has 5 heteroatoms. The molecule has 1 aliphatic rings. The highest BCUT2D eigenvalue weighted by molar-refractivity contribution is 6.31. The molecule has 1 aromatic carbocycles. The Morgan fingerprint density at radius 3 is 2.75 bits per heavy atom. The minimum absolute atomic E-state index is 0.0234. The third kappa shape index (κ3) is 2.94. The van der Waals surface area contributed by atoms with Gasteiger partial charge in [0.25, 0.3) is 0 Å². The predicted octanol–water partition coefficient (Wildman–Crippen LogP) is 2.79. The SMILES string of the molecule is CCN1C(=O)C(Cl)CC=C1c1ccc(OCC#N)cc1. The van der Waals surface area contributed by atoms with Crippen LogP contribution in [0.25, 0.3) is 5.70 Å². The number of rotatable bonds is 4. The Morgan fingerprint density at radius 1 is 1.45 bits per heavy atom. The van der Waals surface area contributed by atoms with Gasteiger partial charge in [-0.05, 0) is 43.2 Å². The fourth-order valence-corrected chi connectivity index (χ4v) is 2.36. The van der Waals surface area contributed by atoms with Crippen molar-refractivity contribution in [3.05, 3.63) is 35.9 Å². The number of hydrogen-bond acceptors (Lipinski definition) is 3. The second-order valence-electron chi connectivity index (χ2n) is 4.35. The van der Waals surface area contributed by atoms with Gasteiger partial charge in [-0.3, -0.25) is 4.79 Å². The summed E-state index contributed by atoms with van der Waals surface area (Å²) in [4.78, 5) is 13.7. The Balaban J connectivity index is 2.22. The van der Waals surface area contributed by atoms with Crippen molar-refractivity contribution in [1.29, 1.82) is 5.26 Å². The highest BCUT2D eigenvalue weighted by Crippen LogP contribution is 2.28. The van der Waals surface area contributed by atoms with E-state index < -0.39 is 5.38 Å². The summed E-state index contributed by atoms with van der Waals surface area (Å²) in [5, 5.41) is 7.99. The largest absolute Gasteiger partial charge is 0.479 e. The number of halogens is 1. The fourth-order valence-electron chi connectivity index (χ4n) is 2.15. The third-order valence-electron chi connectivity index (χ3n) is 3.11. The van der Waals surface area contributed by atoms with Crippen LogP contribution in [0.3, 0.4) is 0 Å². The summed E-state index contributed by atoms with van der Waals surface area (Å²) in [6, 6.07) is 9.26. The molecule has 0 bridgehead atoms. The van der Waals surface area contributed by atoms with Gasteiger partial charge in [-0.15, -0.1) is 11.6 Å². The summed E-state index contributed by atoms with van der Waals surface area (Å²) in [5.74, 6) is 0.577. The molecule has 0 saturated heterocycles. The molecule has 0 spiro atoms. The molecule has 0 aliphatic carbocycles. The number of ether oxygens (including phenoxy) is 1. The van der Waals surface area contributed by atoms with Crippen molar-refractivity contribution in [3.63, 3.8) is 0 Å². The Bertz CT molecular complexity index is 560. The van der Waals surface area contributed by atoms with Gasteiger partial charge in [0.05, 0.1) is 0 Å². The van der Waals surface area contributed by atoms with Crippen LogP contribution in [-0.4, -0.2) is 29.3 Å². The van der Waals surface area contributed by atoms with Crippen LogP contribution in [0.2, 0.25) is 0 Å². The molecule has 0 saturated carbocycles. The van der Waals surface area contributed by atoms with Crippen molar-refractivity contribution in [1.82, 2.24) is 4.90 Å². The van der Waals surface area contributed by atoms with Gasteiger partial charge in [-0.25, -0.2) is 0 Å². The fraction of sp³-hybridized carbons (Fsp3) is 0.333. The second kappa shape index (κ2) is 6.44. The second-order valence-corrected chi connectivity index (χ2v) is 4.87. The molecule has 20 heavy (non-hydrogen) atoms. The van der Waals surface area contributed by atoms with E-state index in [0.29, 0.717) is 18.7 Å². The van der Waals surface area contributed by atoms with Crippen molar-refractivity contribution in [3.8, 4) is 11.8 Å².